The van der Waals surface area contributed by atoms with E-state index in [9.17, 15) is 4.79 Å². The first kappa shape index (κ1) is 16.1. The molecule has 1 fully saturated rings. The van der Waals surface area contributed by atoms with Gasteiger partial charge in [0.15, 0.2) is 5.78 Å². The van der Waals surface area contributed by atoms with Gasteiger partial charge in [-0.3, -0.25) is 9.69 Å². The van der Waals surface area contributed by atoms with E-state index in [2.05, 4.69) is 41.5 Å². The van der Waals surface area contributed by atoms with E-state index in [1.54, 1.807) is 7.11 Å². The molecule has 0 saturated carbocycles. The molecule has 1 aliphatic heterocycles. The van der Waals surface area contributed by atoms with Crippen molar-refractivity contribution in [2.24, 2.45) is 0 Å². The Morgan fingerprint density at radius 2 is 2.04 bits per heavy atom. The third kappa shape index (κ3) is 3.27. The number of nitrogens with zero attached hydrogens (tertiary/aromatic N) is 2. The molecule has 0 N–H and O–H groups in total. The molecule has 0 amide bonds. The zero-order chi connectivity index (χ0) is 16.4. The highest BCUT2D eigenvalue weighted by molar-refractivity contribution is 5.99. The van der Waals surface area contributed by atoms with Gasteiger partial charge in [0, 0.05) is 17.0 Å². The van der Waals surface area contributed by atoms with E-state index in [0.29, 0.717) is 6.54 Å². The molecule has 0 radical (unpaired) electrons. The highest BCUT2D eigenvalue weighted by atomic mass is 16.5. The number of aromatic nitrogens is 1. The Balaban J connectivity index is 1.78. The highest BCUT2D eigenvalue weighted by Crippen LogP contribution is 2.28. The lowest BCUT2D eigenvalue weighted by molar-refractivity contribution is 0.0944. The number of allylic oxidation sites excluding steroid dienone is 3. The second-order valence-electron chi connectivity index (χ2n) is 6.53. The summed E-state index contributed by atoms with van der Waals surface area (Å²) in [5, 5.41) is 0. The molecular weight excluding hydrogens is 288 g/mol. The van der Waals surface area contributed by atoms with Crippen LogP contribution in [0.25, 0.3) is 0 Å². The topological polar surface area (TPSA) is 34.5 Å². The monoisotopic (exact) mass is 314 g/mol. The normalized spacial score (nSPS) is 21.5. The van der Waals surface area contributed by atoms with Crippen molar-refractivity contribution in [1.82, 2.24) is 9.47 Å². The fraction of sp³-hybridized carbons (Fsp3) is 0.526. The maximum atomic E-state index is 12.7. The van der Waals surface area contributed by atoms with Gasteiger partial charge in [0.2, 0.25) is 0 Å². The van der Waals surface area contributed by atoms with Gasteiger partial charge >= 0.3 is 0 Å². The van der Waals surface area contributed by atoms with E-state index >= 15 is 0 Å². The number of ketones is 1. The van der Waals surface area contributed by atoms with Crippen molar-refractivity contribution in [1.29, 1.82) is 0 Å². The Kier molecular flexibility index (Phi) is 4.71. The van der Waals surface area contributed by atoms with Gasteiger partial charge in [-0.05, 0) is 64.4 Å². The number of likely N-dealkylation sites (tertiary alicyclic amines) is 1. The summed E-state index contributed by atoms with van der Waals surface area (Å²) in [6.07, 6.45) is 9.61. The van der Waals surface area contributed by atoms with E-state index in [0.717, 1.165) is 42.2 Å². The summed E-state index contributed by atoms with van der Waals surface area (Å²) in [6.45, 7) is 6.82. The van der Waals surface area contributed by atoms with Crippen LogP contribution in [0.5, 0.6) is 0 Å². The van der Waals surface area contributed by atoms with Crippen molar-refractivity contribution in [2.45, 2.75) is 39.2 Å². The molecule has 0 spiro atoms. The van der Waals surface area contributed by atoms with Gasteiger partial charge in [0.05, 0.1) is 19.7 Å². The number of hydrogen-bond donors (Lipinski definition) is 0. The van der Waals surface area contributed by atoms with Crippen molar-refractivity contribution in [3.8, 4) is 0 Å². The van der Waals surface area contributed by atoms with Crippen molar-refractivity contribution in [3.05, 3.63) is 47.0 Å². The fourth-order valence-electron chi connectivity index (χ4n) is 3.73. The number of hydrogen-bond acceptors (Lipinski definition) is 3. The van der Waals surface area contributed by atoms with Gasteiger partial charge in [0.25, 0.3) is 0 Å². The van der Waals surface area contributed by atoms with Crippen molar-refractivity contribution in [3.63, 3.8) is 0 Å². The largest absolute Gasteiger partial charge is 0.497 e. The average Bonchev–Trinajstić information content (AvgIpc) is 3.15. The van der Waals surface area contributed by atoms with Crippen LogP contribution in [0.15, 0.2) is 30.1 Å². The van der Waals surface area contributed by atoms with Gasteiger partial charge in [0.1, 0.15) is 5.76 Å². The fourth-order valence-corrected chi connectivity index (χ4v) is 3.73. The van der Waals surface area contributed by atoms with Crippen LogP contribution in [0.4, 0.5) is 0 Å². The third-order valence-corrected chi connectivity index (χ3v) is 4.96. The number of Topliss-reactive ketones (excluding diaryl/α,β-unsaturated/α-hetero) is 1. The quantitative estimate of drug-likeness (QED) is 0.781. The van der Waals surface area contributed by atoms with E-state index in [1.165, 1.54) is 12.8 Å². The molecule has 1 saturated heterocycles. The Morgan fingerprint density at radius 1 is 1.30 bits per heavy atom. The lowest BCUT2D eigenvalue weighted by Gasteiger charge is -2.21. The SMILES string of the molecule is COC1=CCC(n2c(C)cc(C(=O)CN3CCCC3)c2C)C=C1. The molecule has 124 valence electrons. The van der Waals surface area contributed by atoms with Crippen molar-refractivity contribution in [2.75, 3.05) is 26.7 Å². The maximum Gasteiger partial charge on any atom is 0.178 e. The zero-order valence-electron chi connectivity index (χ0n) is 14.3. The summed E-state index contributed by atoms with van der Waals surface area (Å²) in [5.74, 6) is 1.16. The first-order valence-electron chi connectivity index (χ1n) is 8.46. The molecule has 0 aromatic carbocycles. The van der Waals surface area contributed by atoms with Crippen molar-refractivity contribution >= 4 is 5.78 Å². The first-order valence-corrected chi connectivity index (χ1v) is 8.46. The van der Waals surface area contributed by atoms with Crippen LogP contribution in [0.2, 0.25) is 0 Å². The minimum atomic E-state index is 0.249. The molecule has 3 rings (SSSR count). The second kappa shape index (κ2) is 6.75. The number of aryl methyl sites for hydroxylation is 1. The van der Waals surface area contributed by atoms with Gasteiger partial charge in [-0.15, -0.1) is 0 Å². The van der Waals surface area contributed by atoms with Crippen LogP contribution < -0.4 is 0 Å². The van der Waals surface area contributed by atoms with Crippen LogP contribution in [-0.4, -0.2) is 42.0 Å². The van der Waals surface area contributed by atoms with E-state index in [1.807, 2.05) is 6.08 Å². The van der Waals surface area contributed by atoms with Gasteiger partial charge in [-0.1, -0.05) is 6.08 Å². The van der Waals surface area contributed by atoms with Crippen LogP contribution in [0.3, 0.4) is 0 Å². The molecule has 23 heavy (non-hydrogen) atoms. The predicted molar refractivity (Wildman–Crippen MR) is 91.8 cm³/mol. The standard InChI is InChI=1S/C19H26N2O2/c1-14-12-18(19(22)13-20-10-4-5-11-20)15(2)21(14)16-6-8-17(23-3)9-7-16/h6,8-9,12,16H,4-5,7,10-11,13H2,1-3H3. The molecule has 2 heterocycles. The highest BCUT2D eigenvalue weighted by Gasteiger charge is 2.23. The second-order valence-corrected chi connectivity index (χ2v) is 6.53. The average molecular weight is 314 g/mol. The van der Waals surface area contributed by atoms with Crippen LogP contribution >= 0.6 is 0 Å². The van der Waals surface area contributed by atoms with E-state index in [-0.39, 0.29) is 11.8 Å². The first-order chi connectivity index (χ1) is 11.1. The summed E-state index contributed by atoms with van der Waals surface area (Å²) in [7, 11) is 1.69. The lowest BCUT2D eigenvalue weighted by Crippen LogP contribution is -2.27. The molecule has 0 bridgehead atoms. The Labute approximate surface area is 138 Å². The summed E-state index contributed by atoms with van der Waals surface area (Å²) in [4.78, 5) is 14.9. The smallest absolute Gasteiger partial charge is 0.178 e. The molecule has 1 unspecified atom stereocenters. The lowest BCUT2D eigenvalue weighted by atomic mass is 10.1. The summed E-state index contributed by atoms with van der Waals surface area (Å²) in [6, 6.07) is 2.32. The molecule has 4 heteroatoms. The number of methoxy groups -OCH3 is 1. The molecule has 1 aromatic heterocycles. The number of ether oxygens (including phenoxy) is 1. The maximum absolute atomic E-state index is 12.7. The van der Waals surface area contributed by atoms with Crippen LogP contribution in [0.1, 0.15) is 47.1 Å². The zero-order valence-corrected chi connectivity index (χ0v) is 14.3. The number of carbonyl (C=O) groups is 1. The molecule has 2 aliphatic rings. The van der Waals surface area contributed by atoms with E-state index < -0.39 is 0 Å². The minimum Gasteiger partial charge on any atom is -0.497 e. The Morgan fingerprint density at radius 3 is 2.65 bits per heavy atom. The molecule has 1 aromatic rings. The van der Waals surface area contributed by atoms with Gasteiger partial charge in [-0.2, -0.15) is 0 Å². The Hall–Kier alpha value is -1.81. The third-order valence-electron chi connectivity index (χ3n) is 4.96. The van der Waals surface area contributed by atoms with E-state index in [4.69, 9.17) is 4.74 Å². The molecule has 1 aliphatic carbocycles. The summed E-state index contributed by atoms with van der Waals surface area (Å²) >= 11 is 0. The molecule has 1 atom stereocenters. The van der Waals surface area contributed by atoms with Crippen LogP contribution in [-0.2, 0) is 4.74 Å². The number of carbonyl (C=O) groups excluding carboxylic acids is 1. The van der Waals surface area contributed by atoms with Gasteiger partial charge in [-0.25, -0.2) is 0 Å². The molecule has 4 nitrogen and oxygen atoms in total. The predicted octanol–water partition coefficient (Wildman–Crippen LogP) is 3.41. The summed E-state index contributed by atoms with van der Waals surface area (Å²) in [5.41, 5.74) is 3.11. The van der Waals surface area contributed by atoms with Gasteiger partial charge < -0.3 is 9.30 Å². The number of rotatable bonds is 5. The minimum absolute atomic E-state index is 0.249. The van der Waals surface area contributed by atoms with Crippen molar-refractivity contribution < 1.29 is 9.53 Å². The Bertz CT molecular complexity index is 649. The molecular formula is C19H26N2O2. The summed E-state index contributed by atoms with van der Waals surface area (Å²) < 4.78 is 7.53. The van der Waals surface area contributed by atoms with Crippen LogP contribution in [0, 0.1) is 13.8 Å².